The predicted molar refractivity (Wildman–Crippen MR) is 42.4 cm³/mol. The fraction of sp³-hybridized carbons (Fsp3) is 0. The first-order chi connectivity index (χ1) is 5.43. The largest absolute Gasteiger partial charge is 0.478 e. The second-order valence-electron chi connectivity index (χ2n) is 1.65. The van der Waals surface area contributed by atoms with Crippen LogP contribution in [0.1, 0.15) is 0 Å². The number of halogens is 1. The molecule has 0 aromatic carbocycles. The molecule has 0 heterocycles. The van der Waals surface area contributed by atoms with E-state index >= 15 is 0 Å². The number of nitrogens with two attached hydrogens (primary N) is 1. The molecule has 0 fully saturated rings. The predicted octanol–water partition coefficient (Wildman–Crippen LogP) is -0.455. The van der Waals surface area contributed by atoms with Gasteiger partial charge in [0, 0.05) is 6.08 Å². The van der Waals surface area contributed by atoms with E-state index in [1.54, 1.807) is 5.32 Å². The van der Waals surface area contributed by atoms with Gasteiger partial charge < -0.3 is 10.8 Å². The van der Waals surface area contributed by atoms with Gasteiger partial charge in [-0.2, -0.15) is 0 Å². The highest BCUT2D eigenvalue weighted by molar-refractivity contribution is 9.12. The normalized spacial score (nSPS) is 10.6. The second-order valence-corrected chi connectivity index (χ2v) is 2.50. The maximum Gasteiger partial charge on any atom is 0.329 e. The minimum absolute atomic E-state index is 0.284. The maximum atomic E-state index is 10.7. The third kappa shape index (κ3) is 4.45. The zero-order valence-electron chi connectivity index (χ0n) is 5.70. The van der Waals surface area contributed by atoms with Crippen molar-refractivity contribution in [2.75, 3.05) is 0 Å². The number of hydrogen-bond donors (Lipinski definition) is 3. The number of nitrogens with one attached hydrogen (secondary N) is 1. The van der Waals surface area contributed by atoms with Crippen LogP contribution < -0.4 is 11.1 Å². The number of carboxylic acids is 1. The number of carbonyl (C=O) groups excluding carboxylic acids is 2. The van der Waals surface area contributed by atoms with E-state index in [9.17, 15) is 14.4 Å². The van der Waals surface area contributed by atoms with Crippen LogP contribution in [0.4, 0.5) is 4.79 Å². The molecule has 4 N–H and O–H groups in total. The monoisotopic (exact) mass is 236 g/mol. The van der Waals surface area contributed by atoms with Crippen LogP contribution in [0.15, 0.2) is 10.6 Å². The van der Waals surface area contributed by atoms with Gasteiger partial charge in [-0.1, -0.05) is 0 Å². The number of amides is 3. The van der Waals surface area contributed by atoms with Crippen molar-refractivity contribution in [3.8, 4) is 0 Å². The smallest absolute Gasteiger partial charge is 0.329 e. The number of primary amides is 1. The fourth-order valence-electron chi connectivity index (χ4n) is 0.346. The molecule has 0 saturated carbocycles. The first-order valence-electron chi connectivity index (χ1n) is 2.64. The van der Waals surface area contributed by atoms with Crippen LogP contribution in [-0.2, 0) is 9.59 Å². The highest BCUT2D eigenvalue weighted by atomic mass is 79.9. The Morgan fingerprint density at radius 1 is 1.42 bits per heavy atom. The van der Waals surface area contributed by atoms with E-state index in [4.69, 9.17) is 5.11 Å². The Hall–Kier alpha value is -1.37. The maximum absolute atomic E-state index is 10.7. The number of imide groups is 1. The molecule has 0 aromatic rings. The van der Waals surface area contributed by atoms with Crippen LogP contribution in [0.3, 0.4) is 0 Å². The van der Waals surface area contributed by atoms with Crippen LogP contribution in [0.2, 0.25) is 0 Å². The third-order valence-corrected chi connectivity index (χ3v) is 1.29. The van der Waals surface area contributed by atoms with Crippen LogP contribution in [0.5, 0.6) is 0 Å². The number of hydrogen-bond acceptors (Lipinski definition) is 3. The van der Waals surface area contributed by atoms with Crippen LogP contribution in [-0.4, -0.2) is 23.0 Å². The van der Waals surface area contributed by atoms with Crippen molar-refractivity contribution >= 4 is 33.8 Å². The van der Waals surface area contributed by atoms with Gasteiger partial charge in [-0.15, -0.1) is 0 Å². The molecular formula is C5H5BrN2O4. The molecule has 0 unspecified atom stereocenters. The standard InChI is InChI=1S/C5H5BrN2O4/c6-2(1-3(9)10)4(11)8-5(7)12/h1H,(H,9,10)(H3,7,8,11,12). The van der Waals surface area contributed by atoms with E-state index in [2.05, 4.69) is 21.7 Å². The molecule has 0 rings (SSSR count). The summed E-state index contributed by atoms with van der Waals surface area (Å²) in [6, 6.07) is -1.05. The lowest BCUT2D eigenvalue weighted by Crippen LogP contribution is -2.35. The SMILES string of the molecule is NC(=O)NC(=O)C(Br)=CC(=O)O. The molecule has 0 aliphatic rings. The van der Waals surface area contributed by atoms with Gasteiger partial charge in [-0.3, -0.25) is 10.1 Å². The lowest BCUT2D eigenvalue weighted by atomic mass is 10.5. The molecule has 3 amide bonds. The van der Waals surface area contributed by atoms with Crippen molar-refractivity contribution in [3.05, 3.63) is 10.6 Å². The molecule has 0 spiro atoms. The second kappa shape index (κ2) is 4.50. The average molecular weight is 237 g/mol. The first kappa shape index (κ1) is 10.6. The number of carbonyl (C=O) groups is 3. The van der Waals surface area contributed by atoms with Crippen molar-refractivity contribution in [1.29, 1.82) is 0 Å². The summed E-state index contributed by atoms with van der Waals surface area (Å²) in [5.41, 5.74) is 4.60. The molecule has 0 atom stereocenters. The Morgan fingerprint density at radius 2 is 1.92 bits per heavy atom. The van der Waals surface area contributed by atoms with E-state index < -0.39 is 17.9 Å². The molecule has 0 bridgehead atoms. The minimum Gasteiger partial charge on any atom is -0.478 e. The summed E-state index contributed by atoms with van der Waals surface area (Å²) < 4.78 is -0.284. The van der Waals surface area contributed by atoms with Crippen molar-refractivity contribution in [1.82, 2.24) is 5.32 Å². The lowest BCUT2D eigenvalue weighted by molar-refractivity contribution is -0.131. The van der Waals surface area contributed by atoms with Crippen LogP contribution in [0.25, 0.3) is 0 Å². The molecule has 0 aromatic heterocycles. The Labute approximate surface area is 75.5 Å². The molecule has 0 aliphatic heterocycles. The van der Waals surface area contributed by atoms with Crippen molar-refractivity contribution in [3.63, 3.8) is 0 Å². The summed E-state index contributed by atoms with van der Waals surface area (Å²) in [5, 5.41) is 9.83. The average Bonchev–Trinajstić information content (AvgIpc) is 1.84. The number of urea groups is 1. The highest BCUT2D eigenvalue weighted by Gasteiger charge is 2.08. The number of aliphatic carboxylic acids is 1. The highest BCUT2D eigenvalue weighted by Crippen LogP contribution is 2.03. The van der Waals surface area contributed by atoms with Gasteiger partial charge in [0.05, 0.1) is 4.48 Å². The number of rotatable bonds is 2. The molecule has 6 nitrogen and oxygen atoms in total. The van der Waals surface area contributed by atoms with Gasteiger partial charge in [0.15, 0.2) is 0 Å². The van der Waals surface area contributed by atoms with Crippen molar-refractivity contribution < 1.29 is 19.5 Å². The van der Waals surface area contributed by atoms with E-state index in [0.29, 0.717) is 6.08 Å². The van der Waals surface area contributed by atoms with Gasteiger partial charge in [0.2, 0.25) is 0 Å². The first-order valence-corrected chi connectivity index (χ1v) is 3.43. The summed E-state index contributed by atoms with van der Waals surface area (Å²) in [5.74, 6) is -2.20. The summed E-state index contributed by atoms with van der Waals surface area (Å²) in [6.45, 7) is 0. The van der Waals surface area contributed by atoms with Gasteiger partial charge in [0.1, 0.15) is 0 Å². The summed E-state index contributed by atoms with van der Waals surface area (Å²) in [7, 11) is 0. The van der Waals surface area contributed by atoms with E-state index in [1.165, 1.54) is 0 Å². The van der Waals surface area contributed by atoms with Crippen molar-refractivity contribution in [2.24, 2.45) is 5.73 Å². The van der Waals surface area contributed by atoms with E-state index in [1.807, 2.05) is 0 Å². The fourth-order valence-corrected chi connectivity index (χ4v) is 0.641. The van der Waals surface area contributed by atoms with Crippen molar-refractivity contribution in [2.45, 2.75) is 0 Å². The molecule has 12 heavy (non-hydrogen) atoms. The zero-order valence-corrected chi connectivity index (χ0v) is 7.29. The third-order valence-electron chi connectivity index (χ3n) is 0.704. The summed E-state index contributed by atoms with van der Waals surface area (Å²) >= 11 is 2.63. The Morgan fingerprint density at radius 3 is 2.25 bits per heavy atom. The molecular weight excluding hydrogens is 232 g/mol. The molecule has 0 saturated heterocycles. The Bertz CT molecular complexity index is 260. The van der Waals surface area contributed by atoms with Crippen LogP contribution in [0, 0.1) is 0 Å². The minimum atomic E-state index is -1.30. The molecule has 0 radical (unpaired) electrons. The quantitative estimate of drug-likeness (QED) is 0.564. The molecule has 7 heteroatoms. The number of carboxylic acid groups (broad SMARTS) is 1. The Kier molecular flexibility index (Phi) is 3.98. The Balaban J connectivity index is 4.29. The van der Waals surface area contributed by atoms with E-state index in [0.717, 1.165) is 0 Å². The summed E-state index contributed by atoms with van der Waals surface area (Å²) in [4.78, 5) is 30.8. The van der Waals surface area contributed by atoms with Gasteiger partial charge in [-0.05, 0) is 15.9 Å². The van der Waals surface area contributed by atoms with E-state index in [-0.39, 0.29) is 4.48 Å². The lowest BCUT2D eigenvalue weighted by Gasteiger charge is -1.96. The van der Waals surface area contributed by atoms with Gasteiger partial charge in [0.25, 0.3) is 5.91 Å². The molecule has 66 valence electrons. The van der Waals surface area contributed by atoms with Gasteiger partial charge >= 0.3 is 12.0 Å². The zero-order chi connectivity index (χ0) is 9.72. The van der Waals surface area contributed by atoms with Gasteiger partial charge in [-0.25, -0.2) is 9.59 Å². The molecule has 0 aliphatic carbocycles. The van der Waals surface area contributed by atoms with Crippen LogP contribution >= 0.6 is 15.9 Å². The summed E-state index contributed by atoms with van der Waals surface area (Å²) in [6.07, 6.45) is 0.596. The topological polar surface area (TPSA) is 109 Å².